The van der Waals surface area contributed by atoms with Gasteiger partial charge in [0.1, 0.15) is 18.8 Å². The van der Waals surface area contributed by atoms with Gasteiger partial charge >= 0.3 is 17.9 Å². The van der Waals surface area contributed by atoms with Crippen LogP contribution in [-0.2, 0) is 42.9 Å². The molecule has 0 spiro atoms. The maximum Gasteiger partial charge on any atom is 0.303 e. The zero-order chi connectivity index (χ0) is 30.5. The third-order valence-electron chi connectivity index (χ3n) is 6.91. The molecule has 0 aliphatic carbocycles. The lowest BCUT2D eigenvalue weighted by Gasteiger charge is -2.45. The van der Waals surface area contributed by atoms with Gasteiger partial charge in [-0.3, -0.25) is 19.2 Å². The molecule has 0 aromatic heterocycles. The summed E-state index contributed by atoms with van der Waals surface area (Å²) in [6, 6.07) is -0.966. The highest BCUT2D eigenvalue weighted by Gasteiger charge is 2.51. The van der Waals surface area contributed by atoms with E-state index >= 15 is 0 Å². The summed E-state index contributed by atoms with van der Waals surface area (Å²) >= 11 is 0. The molecule has 236 valence electrons. The van der Waals surface area contributed by atoms with Crippen molar-refractivity contribution in [1.29, 1.82) is 0 Å². The molecule has 0 radical (unpaired) electrons. The Morgan fingerprint density at radius 2 is 1.27 bits per heavy atom. The predicted molar refractivity (Wildman–Crippen MR) is 155 cm³/mol. The van der Waals surface area contributed by atoms with Crippen LogP contribution in [0.2, 0.25) is 0 Å². The summed E-state index contributed by atoms with van der Waals surface area (Å²) in [7, 11) is 0. The number of hydrogen-bond donors (Lipinski definition) is 1. The van der Waals surface area contributed by atoms with E-state index in [-0.39, 0.29) is 25.5 Å². The molecule has 1 heterocycles. The summed E-state index contributed by atoms with van der Waals surface area (Å²) in [5, 5.41) is 2.87. The van der Waals surface area contributed by atoms with Crippen LogP contribution in [0.5, 0.6) is 0 Å². The van der Waals surface area contributed by atoms with Crippen molar-refractivity contribution in [2.24, 2.45) is 0 Å². The van der Waals surface area contributed by atoms with E-state index < -0.39 is 48.6 Å². The van der Waals surface area contributed by atoms with Crippen LogP contribution < -0.4 is 5.32 Å². The van der Waals surface area contributed by atoms with Gasteiger partial charge in [-0.15, -0.1) is 6.58 Å². The Bertz CT molecular complexity index is 788. The minimum absolute atomic E-state index is 0.0845. The Morgan fingerprint density at radius 3 is 1.76 bits per heavy atom. The van der Waals surface area contributed by atoms with Crippen LogP contribution >= 0.6 is 0 Å². The number of nitrogens with one attached hydrogen (secondary N) is 1. The summed E-state index contributed by atoms with van der Waals surface area (Å²) < 4.78 is 27.8. The first kappa shape index (κ1) is 36.6. The van der Waals surface area contributed by atoms with Crippen molar-refractivity contribution < 1.29 is 42.9 Å². The molecule has 1 aliphatic heterocycles. The summed E-state index contributed by atoms with van der Waals surface area (Å²) in [6.45, 7) is 9.35. The summed E-state index contributed by atoms with van der Waals surface area (Å²) in [5.41, 5.74) is 0. The molecule has 0 aromatic carbocycles. The first-order chi connectivity index (χ1) is 19.7. The topological polar surface area (TPSA) is 126 Å². The quantitative estimate of drug-likeness (QED) is 0.0781. The number of hydrogen-bond acceptors (Lipinski definition) is 9. The second-order valence-electron chi connectivity index (χ2n) is 10.7. The standard InChI is InChI=1S/C31H53NO9/c1-6-8-9-10-11-12-13-14-15-16-17-18-19-20-27(36)32-28-30(40-25(5)35)29(39-24(4)34)26(22-38-23(3)33)41-31(28)37-21-7-2/h7,26,28-31H,2,6,8-22H2,1,3-5H3,(H,32,36)/t26-,28-,29-,30-,31-/m1/s1. The minimum atomic E-state index is -1.14. The molecule has 10 nitrogen and oxygen atoms in total. The van der Waals surface area contributed by atoms with Crippen molar-refractivity contribution in [2.45, 2.75) is 148 Å². The lowest BCUT2D eigenvalue weighted by atomic mass is 9.95. The molecular weight excluding hydrogens is 530 g/mol. The van der Waals surface area contributed by atoms with Crippen molar-refractivity contribution in [2.75, 3.05) is 13.2 Å². The smallest absolute Gasteiger partial charge is 0.303 e. The number of esters is 3. The molecule has 0 unspecified atom stereocenters. The monoisotopic (exact) mass is 583 g/mol. The zero-order valence-corrected chi connectivity index (χ0v) is 25.7. The fourth-order valence-corrected chi connectivity index (χ4v) is 4.92. The molecule has 1 rings (SSSR count). The first-order valence-corrected chi connectivity index (χ1v) is 15.3. The van der Waals surface area contributed by atoms with Crippen LogP contribution in [0.15, 0.2) is 12.7 Å². The van der Waals surface area contributed by atoms with Crippen LogP contribution in [0, 0.1) is 0 Å². The second kappa shape index (κ2) is 22.2. The van der Waals surface area contributed by atoms with Gasteiger partial charge < -0.3 is 29.0 Å². The fourth-order valence-electron chi connectivity index (χ4n) is 4.92. The van der Waals surface area contributed by atoms with Crippen molar-refractivity contribution >= 4 is 23.8 Å². The van der Waals surface area contributed by atoms with Gasteiger partial charge in [0.25, 0.3) is 0 Å². The largest absolute Gasteiger partial charge is 0.463 e. The molecule has 10 heteroatoms. The molecule has 1 N–H and O–H groups in total. The van der Waals surface area contributed by atoms with E-state index in [2.05, 4.69) is 18.8 Å². The fraction of sp³-hybridized carbons (Fsp3) is 0.806. The Labute approximate surface area is 246 Å². The molecule has 1 aliphatic rings. The third kappa shape index (κ3) is 16.5. The number of carbonyl (C=O) groups is 4. The number of unbranched alkanes of at least 4 members (excludes halogenated alkanes) is 12. The van der Waals surface area contributed by atoms with Crippen molar-refractivity contribution in [3.8, 4) is 0 Å². The van der Waals surface area contributed by atoms with E-state index in [1.54, 1.807) is 0 Å². The van der Waals surface area contributed by atoms with Gasteiger partial charge in [0.05, 0.1) is 6.61 Å². The van der Waals surface area contributed by atoms with Crippen LogP contribution in [-0.4, -0.2) is 67.7 Å². The maximum absolute atomic E-state index is 12.9. The van der Waals surface area contributed by atoms with Crippen LogP contribution in [0.4, 0.5) is 0 Å². The maximum atomic E-state index is 12.9. The number of rotatable bonds is 22. The second-order valence-corrected chi connectivity index (χ2v) is 10.7. The highest BCUT2D eigenvalue weighted by atomic mass is 16.7. The lowest BCUT2D eigenvalue weighted by Crippen LogP contribution is -2.66. The van der Waals surface area contributed by atoms with Gasteiger partial charge in [-0.1, -0.05) is 90.0 Å². The molecule has 0 aromatic rings. The molecule has 1 saturated heterocycles. The van der Waals surface area contributed by atoms with Crippen LogP contribution in [0.1, 0.15) is 118 Å². The van der Waals surface area contributed by atoms with Gasteiger partial charge in [0, 0.05) is 27.2 Å². The van der Waals surface area contributed by atoms with Gasteiger partial charge in [0.2, 0.25) is 5.91 Å². The highest BCUT2D eigenvalue weighted by Crippen LogP contribution is 2.28. The molecular formula is C31H53NO9. The lowest BCUT2D eigenvalue weighted by molar-refractivity contribution is -0.275. The SMILES string of the molecule is C=CCO[C@@H]1O[C@H](COC(C)=O)[C@@H](OC(C)=O)[C@H](OC(C)=O)[C@H]1NC(=O)CCCCCCCCCCCCCCC. The molecule has 5 atom stereocenters. The Kier molecular flexibility index (Phi) is 19.8. The molecule has 0 saturated carbocycles. The zero-order valence-electron chi connectivity index (χ0n) is 25.7. The number of amides is 1. The van der Waals surface area contributed by atoms with Gasteiger partial charge in [-0.25, -0.2) is 0 Å². The number of ether oxygens (including phenoxy) is 5. The van der Waals surface area contributed by atoms with E-state index in [1.165, 1.54) is 84.6 Å². The Balaban J connectivity index is 2.65. The van der Waals surface area contributed by atoms with Crippen LogP contribution in [0.3, 0.4) is 0 Å². The number of carbonyl (C=O) groups excluding carboxylic acids is 4. The summed E-state index contributed by atoms with van der Waals surface area (Å²) in [5.74, 6) is -2.10. The van der Waals surface area contributed by atoms with Gasteiger partial charge in [0.15, 0.2) is 18.5 Å². The van der Waals surface area contributed by atoms with E-state index in [1.807, 2.05) is 0 Å². The van der Waals surface area contributed by atoms with Crippen LogP contribution in [0.25, 0.3) is 0 Å². The van der Waals surface area contributed by atoms with Crippen molar-refractivity contribution in [3.63, 3.8) is 0 Å². The van der Waals surface area contributed by atoms with E-state index in [9.17, 15) is 19.2 Å². The predicted octanol–water partition coefficient (Wildman–Crippen LogP) is 5.31. The average Bonchev–Trinajstić information content (AvgIpc) is 2.91. The minimum Gasteiger partial charge on any atom is -0.463 e. The summed E-state index contributed by atoms with van der Waals surface area (Å²) in [6.07, 6.45) is 13.1. The molecule has 1 fully saturated rings. The third-order valence-corrected chi connectivity index (χ3v) is 6.91. The summed E-state index contributed by atoms with van der Waals surface area (Å²) in [4.78, 5) is 48.3. The van der Waals surface area contributed by atoms with Gasteiger partial charge in [-0.2, -0.15) is 0 Å². The van der Waals surface area contributed by atoms with Crippen molar-refractivity contribution in [1.82, 2.24) is 5.32 Å². The molecule has 0 bridgehead atoms. The van der Waals surface area contributed by atoms with E-state index in [0.717, 1.165) is 25.7 Å². The van der Waals surface area contributed by atoms with Gasteiger partial charge in [-0.05, 0) is 6.42 Å². The Morgan fingerprint density at radius 1 is 0.756 bits per heavy atom. The normalized spacial score (nSPS) is 22.0. The van der Waals surface area contributed by atoms with E-state index in [0.29, 0.717) is 0 Å². The first-order valence-electron chi connectivity index (χ1n) is 15.3. The van der Waals surface area contributed by atoms with E-state index in [4.69, 9.17) is 23.7 Å². The van der Waals surface area contributed by atoms with Crippen molar-refractivity contribution in [3.05, 3.63) is 12.7 Å². The average molecular weight is 584 g/mol. The molecule has 41 heavy (non-hydrogen) atoms. The highest BCUT2D eigenvalue weighted by molar-refractivity contribution is 5.76. The molecule has 1 amide bonds. The Hall–Kier alpha value is -2.46.